The number of aromatic nitrogens is 4. The first kappa shape index (κ1) is 24.2. The molecule has 0 spiro atoms. The van der Waals surface area contributed by atoms with E-state index >= 15 is 0 Å². The van der Waals surface area contributed by atoms with Crippen LogP contribution in [0.15, 0.2) is 36.7 Å². The summed E-state index contributed by atoms with van der Waals surface area (Å²) in [5.41, 5.74) is 12.7. The molecule has 2 aromatic heterocycles. The monoisotopic (exact) mass is 490 g/mol. The van der Waals surface area contributed by atoms with Gasteiger partial charge in [0.1, 0.15) is 23.6 Å². The van der Waals surface area contributed by atoms with Crippen LogP contribution in [0, 0.1) is 6.92 Å². The fourth-order valence-electron chi connectivity index (χ4n) is 4.83. The number of nitrogens with zero attached hydrogens (tertiary/aromatic N) is 6. The van der Waals surface area contributed by atoms with Crippen molar-refractivity contribution < 1.29 is 9.53 Å². The molecule has 1 aromatic carbocycles. The molecule has 2 fully saturated rings. The Bertz CT molecular complexity index is 1270. The van der Waals surface area contributed by atoms with Crippen LogP contribution < -0.4 is 15.9 Å². The number of aryl methyl sites for hydroxylation is 1. The number of nitrogens with two attached hydrogens (primary N) is 1. The minimum atomic E-state index is -0.0849. The van der Waals surface area contributed by atoms with E-state index in [1.54, 1.807) is 13.2 Å². The van der Waals surface area contributed by atoms with E-state index in [9.17, 15) is 4.79 Å². The number of ether oxygens (including phenoxy) is 1. The lowest BCUT2D eigenvalue weighted by Crippen LogP contribution is -2.46. The Morgan fingerprint density at radius 3 is 2.75 bits per heavy atom. The van der Waals surface area contributed by atoms with E-state index in [-0.39, 0.29) is 11.9 Å². The van der Waals surface area contributed by atoms with Gasteiger partial charge in [0.2, 0.25) is 0 Å². The van der Waals surface area contributed by atoms with Crippen molar-refractivity contribution >= 4 is 22.8 Å². The predicted octanol–water partition coefficient (Wildman–Crippen LogP) is 2.71. The summed E-state index contributed by atoms with van der Waals surface area (Å²) in [5.74, 6) is 1.12. The van der Waals surface area contributed by atoms with Gasteiger partial charge < -0.3 is 10.5 Å². The molecule has 3 aromatic rings. The number of hydrogen-bond acceptors (Lipinski definition) is 8. The molecule has 10 nitrogen and oxygen atoms in total. The minimum Gasteiger partial charge on any atom is -0.496 e. The average molecular weight is 491 g/mol. The first-order valence-corrected chi connectivity index (χ1v) is 12.5. The van der Waals surface area contributed by atoms with E-state index in [0.717, 1.165) is 66.1 Å². The molecule has 1 aliphatic carbocycles. The number of fused-ring (bicyclic) bond motifs is 1. The van der Waals surface area contributed by atoms with Gasteiger partial charge >= 0.3 is 0 Å². The van der Waals surface area contributed by atoms with Crippen molar-refractivity contribution in [1.82, 2.24) is 35.1 Å². The number of nitrogen functional groups attached to an aromatic ring is 1. The molecule has 3 heterocycles. The van der Waals surface area contributed by atoms with Gasteiger partial charge in [-0.1, -0.05) is 18.2 Å². The molecule has 3 N–H and O–H groups in total. The molecular formula is C26H34N8O2. The van der Waals surface area contributed by atoms with Gasteiger partial charge in [0.25, 0.3) is 5.91 Å². The summed E-state index contributed by atoms with van der Waals surface area (Å²) in [5, 5.41) is 7.70. The number of piperidine rings is 1. The highest BCUT2D eigenvalue weighted by atomic mass is 16.5. The van der Waals surface area contributed by atoms with Crippen molar-refractivity contribution in [3.8, 4) is 17.0 Å². The van der Waals surface area contributed by atoms with Crippen molar-refractivity contribution in [2.45, 2.75) is 44.7 Å². The zero-order valence-electron chi connectivity index (χ0n) is 21.1. The second-order valence-electron chi connectivity index (χ2n) is 9.70. The highest BCUT2D eigenvalue weighted by molar-refractivity contribution is 5.98. The smallest absolute Gasteiger partial charge is 0.258 e. The van der Waals surface area contributed by atoms with E-state index in [1.165, 1.54) is 19.2 Å². The molecule has 190 valence electrons. The molecule has 0 atom stereocenters. The van der Waals surface area contributed by atoms with Crippen molar-refractivity contribution in [1.29, 1.82) is 0 Å². The summed E-state index contributed by atoms with van der Waals surface area (Å²) in [6, 6.07) is 6.83. The predicted molar refractivity (Wildman–Crippen MR) is 139 cm³/mol. The number of carbonyl (C=O) groups is 1. The molecule has 0 radical (unpaired) electrons. The average Bonchev–Trinajstić information content (AvgIpc) is 3.66. The third kappa shape index (κ3) is 5.05. The Kier molecular flexibility index (Phi) is 6.88. The lowest BCUT2D eigenvalue weighted by atomic mass is 10.1. The highest BCUT2D eigenvalue weighted by Gasteiger charge is 2.27. The summed E-state index contributed by atoms with van der Waals surface area (Å²) in [6.07, 6.45) is 9.22. The summed E-state index contributed by atoms with van der Waals surface area (Å²) in [7, 11) is 3.76. The van der Waals surface area contributed by atoms with Gasteiger partial charge in [-0.25, -0.2) is 19.7 Å². The molecule has 1 amide bonds. The number of methoxy groups -OCH3 is 1. The van der Waals surface area contributed by atoms with Gasteiger partial charge in [0.05, 0.1) is 18.5 Å². The van der Waals surface area contributed by atoms with Crippen molar-refractivity contribution in [3.05, 3.63) is 42.2 Å². The number of carbonyl (C=O) groups excluding carboxylic acids is 1. The number of benzene rings is 1. The van der Waals surface area contributed by atoms with Crippen LogP contribution in [0.3, 0.4) is 0 Å². The van der Waals surface area contributed by atoms with Crippen LogP contribution in [-0.4, -0.2) is 75.4 Å². The topological polar surface area (TPSA) is 114 Å². The Balaban J connectivity index is 1.29. The SMILES string of the molecule is COc1cc(-c2nn(C3CCN(NC(=O)C=CCN(C)C4CC4)CC3)c3ncnc(N)c23)ccc1C. The number of anilines is 1. The molecule has 1 saturated carbocycles. The fourth-order valence-corrected chi connectivity index (χ4v) is 4.83. The number of rotatable bonds is 8. The number of amides is 1. The Morgan fingerprint density at radius 1 is 1.25 bits per heavy atom. The second kappa shape index (κ2) is 10.2. The fraction of sp³-hybridized carbons (Fsp3) is 0.462. The molecule has 5 rings (SSSR count). The Hall–Kier alpha value is -3.50. The standard InChI is InChI=1S/C26H34N8O2/c1-17-6-7-18(15-21(17)36-3)24-23-25(27)28-16-29-26(23)34(31-24)20-10-13-33(14-11-20)30-22(35)5-4-12-32(2)19-8-9-19/h4-7,15-16,19-20H,8-14H2,1-3H3,(H,30,35)(H2,27,28,29). The molecule has 10 heteroatoms. The van der Waals surface area contributed by atoms with Crippen LogP contribution in [-0.2, 0) is 4.79 Å². The zero-order chi connectivity index (χ0) is 25.2. The van der Waals surface area contributed by atoms with Crippen molar-refractivity contribution in [2.24, 2.45) is 0 Å². The third-order valence-corrected chi connectivity index (χ3v) is 7.11. The Morgan fingerprint density at radius 2 is 2.03 bits per heavy atom. The maximum absolute atomic E-state index is 12.4. The number of likely N-dealkylation sites (N-methyl/N-ethyl adjacent to an activating group) is 1. The number of hydrogen-bond donors (Lipinski definition) is 2. The molecule has 0 unspecified atom stereocenters. The normalized spacial score (nSPS) is 17.3. The van der Waals surface area contributed by atoms with Crippen LogP contribution in [0.25, 0.3) is 22.3 Å². The van der Waals surface area contributed by atoms with Crippen LogP contribution >= 0.6 is 0 Å². The van der Waals surface area contributed by atoms with Crippen molar-refractivity contribution in [2.75, 3.05) is 39.5 Å². The summed E-state index contributed by atoms with van der Waals surface area (Å²) in [6.45, 7) is 4.25. The molecule has 1 saturated heterocycles. The third-order valence-electron chi connectivity index (χ3n) is 7.11. The van der Waals surface area contributed by atoms with Crippen LogP contribution in [0.5, 0.6) is 5.75 Å². The van der Waals surface area contributed by atoms with Gasteiger partial charge in [-0.2, -0.15) is 5.10 Å². The number of hydrazine groups is 1. The van der Waals surface area contributed by atoms with E-state index in [2.05, 4.69) is 27.3 Å². The summed E-state index contributed by atoms with van der Waals surface area (Å²) >= 11 is 0. The summed E-state index contributed by atoms with van der Waals surface area (Å²) < 4.78 is 7.50. The molecule has 0 bridgehead atoms. The lowest BCUT2D eigenvalue weighted by molar-refractivity contribution is -0.121. The van der Waals surface area contributed by atoms with E-state index in [0.29, 0.717) is 11.9 Å². The van der Waals surface area contributed by atoms with Gasteiger partial charge in [0, 0.05) is 37.3 Å². The first-order chi connectivity index (χ1) is 17.4. The van der Waals surface area contributed by atoms with Crippen LogP contribution in [0.2, 0.25) is 0 Å². The van der Waals surface area contributed by atoms with E-state index < -0.39 is 0 Å². The van der Waals surface area contributed by atoms with Gasteiger partial charge in [-0.05, 0) is 51.3 Å². The maximum Gasteiger partial charge on any atom is 0.258 e. The highest BCUT2D eigenvalue weighted by Crippen LogP contribution is 2.35. The van der Waals surface area contributed by atoms with E-state index in [4.69, 9.17) is 15.6 Å². The second-order valence-corrected chi connectivity index (χ2v) is 9.70. The molecular weight excluding hydrogens is 456 g/mol. The van der Waals surface area contributed by atoms with Gasteiger partial charge in [0.15, 0.2) is 5.65 Å². The molecule has 2 aliphatic rings. The molecule has 36 heavy (non-hydrogen) atoms. The van der Waals surface area contributed by atoms with Crippen LogP contribution in [0.1, 0.15) is 37.3 Å². The lowest BCUT2D eigenvalue weighted by Gasteiger charge is -2.31. The quantitative estimate of drug-likeness (QED) is 0.463. The van der Waals surface area contributed by atoms with Crippen LogP contribution in [0.4, 0.5) is 5.82 Å². The molecule has 1 aliphatic heterocycles. The Labute approximate surface area is 211 Å². The van der Waals surface area contributed by atoms with Crippen molar-refractivity contribution in [3.63, 3.8) is 0 Å². The first-order valence-electron chi connectivity index (χ1n) is 12.5. The largest absolute Gasteiger partial charge is 0.496 e. The zero-order valence-corrected chi connectivity index (χ0v) is 21.1. The van der Waals surface area contributed by atoms with Gasteiger partial charge in [-0.15, -0.1) is 0 Å². The maximum atomic E-state index is 12.4. The number of nitrogens with one attached hydrogen (secondary N) is 1. The van der Waals surface area contributed by atoms with Gasteiger partial charge in [-0.3, -0.25) is 15.1 Å². The minimum absolute atomic E-state index is 0.0849. The summed E-state index contributed by atoms with van der Waals surface area (Å²) in [4.78, 5) is 23.4. The van der Waals surface area contributed by atoms with E-state index in [1.807, 2.05) is 40.9 Å².